The highest BCUT2D eigenvalue weighted by Gasteiger charge is 2.81. The molecule has 5 rings (SSSR count). The molecule has 2 unspecified atom stereocenters. The maximum absolute atomic E-state index is 13.2. The number of nitrogens with one attached hydrogen (secondary N) is 1. The highest BCUT2D eigenvalue weighted by Crippen LogP contribution is 2.76. The Hall–Kier alpha value is -1.69. The number of fused-ring (bicyclic) bond motifs is 1. The molecule has 0 bridgehead atoms. The van der Waals surface area contributed by atoms with Gasteiger partial charge in [0, 0.05) is 42.6 Å². The molecule has 2 saturated carbocycles. The van der Waals surface area contributed by atoms with E-state index in [4.69, 9.17) is 9.47 Å². The summed E-state index contributed by atoms with van der Waals surface area (Å²) in [7, 11) is 1.69. The van der Waals surface area contributed by atoms with Gasteiger partial charge in [0.2, 0.25) is 5.91 Å². The van der Waals surface area contributed by atoms with Crippen LogP contribution in [-0.4, -0.2) is 42.0 Å². The Bertz CT molecular complexity index is 896. The number of epoxide rings is 1. The number of cyclic esters (lactones) is 1. The zero-order chi connectivity index (χ0) is 22.4. The number of ether oxygens (including phenoxy) is 2. The summed E-state index contributed by atoms with van der Waals surface area (Å²) in [6.45, 7) is 8.79. The van der Waals surface area contributed by atoms with E-state index in [1.54, 1.807) is 13.1 Å². The van der Waals surface area contributed by atoms with Crippen LogP contribution in [0.25, 0.3) is 0 Å². The number of hydrogen-bond acceptors (Lipinski definition) is 5. The van der Waals surface area contributed by atoms with Crippen LogP contribution in [0.3, 0.4) is 0 Å². The summed E-state index contributed by atoms with van der Waals surface area (Å²) in [5.74, 6) is 0.0318. The predicted octanol–water partition coefficient (Wildman–Crippen LogP) is 3.33. The van der Waals surface area contributed by atoms with Gasteiger partial charge in [0.15, 0.2) is 5.78 Å². The number of carbonyl (C=O) groups is 3. The Morgan fingerprint density at radius 2 is 1.94 bits per heavy atom. The van der Waals surface area contributed by atoms with Crippen LogP contribution < -0.4 is 5.32 Å². The van der Waals surface area contributed by atoms with Crippen molar-refractivity contribution in [3.63, 3.8) is 0 Å². The lowest BCUT2D eigenvalue weighted by Gasteiger charge is -2.61. The first-order valence-corrected chi connectivity index (χ1v) is 11.9. The number of carbonyl (C=O) groups excluding carboxylic acids is 3. The van der Waals surface area contributed by atoms with Crippen LogP contribution in [0.5, 0.6) is 0 Å². The molecule has 6 nitrogen and oxygen atoms in total. The molecular formula is C25H35NO5. The molecule has 6 heteroatoms. The number of amides is 1. The second kappa shape index (κ2) is 6.43. The van der Waals surface area contributed by atoms with E-state index in [0.717, 1.165) is 24.8 Å². The van der Waals surface area contributed by atoms with Crippen molar-refractivity contribution in [2.45, 2.75) is 89.9 Å². The maximum Gasteiger partial charge on any atom is 0.306 e. The Morgan fingerprint density at radius 1 is 1.19 bits per heavy atom. The van der Waals surface area contributed by atoms with Gasteiger partial charge in [-0.15, -0.1) is 0 Å². The summed E-state index contributed by atoms with van der Waals surface area (Å²) >= 11 is 0. The molecule has 170 valence electrons. The quantitative estimate of drug-likeness (QED) is 0.549. The highest BCUT2D eigenvalue weighted by atomic mass is 16.6. The summed E-state index contributed by atoms with van der Waals surface area (Å²) in [6.07, 6.45) is 6.64. The average molecular weight is 430 g/mol. The van der Waals surface area contributed by atoms with E-state index in [0.29, 0.717) is 25.7 Å². The normalized spacial score (nSPS) is 50.5. The lowest BCUT2D eigenvalue weighted by atomic mass is 9.42. The third kappa shape index (κ3) is 2.46. The van der Waals surface area contributed by atoms with E-state index in [1.807, 2.05) is 0 Å². The molecular weight excluding hydrogens is 394 g/mol. The van der Waals surface area contributed by atoms with E-state index in [-0.39, 0.29) is 52.3 Å². The third-order valence-electron chi connectivity index (χ3n) is 10.1. The molecule has 0 aromatic rings. The number of hydrogen-bond donors (Lipinski definition) is 1. The van der Waals surface area contributed by atoms with Gasteiger partial charge in [-0.25, -0.2) is 0 Å². The van der Waals surface area contributed by atoms with Crippen molar-refractivity contribution in [2.24, 2.45) is 28.6 Å². The first kappa shape index (κ1) is 21.2. The molecule has 0 aromatic heterocycles. The minimum atomic E-state index is -0.546. The standard InChI is InChI=1S/C25H35NO5/c1-6-17-20-16(21(29)26-5)12-14-11-15(27)7-9-22(14,2)25(20)18(30-25)13-23(17,3)24(4)10-8-19(28)31-24/h11,16-18,20H,6-10,12-13H2,1-5H3,(H,26,29)/t16-,17?,18-,20?,22+,23+,24-,25-/m1/s1. The Balaban J connectivity index is 1.65. The van der Waals surface area contributed by atoms with Crippen molar-refractivity contribution in [2.75, 3.05) is 7.05 Å². The molecule has 1 N–H and O–H groups in total. The lowest BCUT2D eigenvalue weighted by molar-refractivity contribution is -0.180. The second-order valence-corrected chi connectivity index (χ2v) is 11.2. The summed E-state index contributed by atoms with van der Waals surface area (Å²) in [5, 5.41) is 2.89. The minimum absolute atomic E-state index is 0.0236. The van der Waals surface area contributed by atoms with Crippen molar-refractivity contribution in [3.8, 4) is 0 Å². The van der Waals surface area contributed by atoms with Gasteiger partial charge in [0.1, 0.15) is 11.2 Å². The van der Waals surface area contributed by atoms with Crippen molar-refractivity contribution >= 4 is 17.7 Å². The fraction of sp³-hybridized carbons (Fsp3) is 0.800. The van der Waals surface area contributed by atoms with E-state index in [2.05, 4.69) is 33.0 Å². The van der Waals surface area contributed by atoms with Gasteiger partial charge in [-0.3, -0.25) is 14.4 Å². The maximum atomic E-state index is 13.2. The number of esters is 1. The minimum Gasteiger partial charge on any atom is -0.459 e. The summed E-state index contributed by atoms with van der Waals surface area (Å²) in [6, 6.07) is 0. The molecule has 2 heterocycles. The van der Waals surface area contributed by atoms with Gasteiger partial charge in [0.05, 0.1) is 6.10 Å². The molecule has 1 spiro atoms. The van der Waals surface area contributed by atoms with E-state index in [9.17, 15) is 14.4 Å². The smallest absolute Gasteiger partial charge is 0.306 e. The molecule has 8 atom stereocenters. The lowest BCUT2D eigenvalue weighted by Crippen LogP contribution is -2.65. The monoisotopic (exact) mass is 429 g/mol. The molecule has 0 aromatic carbocycles. The molecule has 0 radical (unpaired) electrons. The van der Waals surface area contributed by atoms with Crippen molar-refractivity contribution in [1.82, 2.24) is 5.32 Å². The van der Waals surface area contributed by atoms with E-state index in [1.165, 1.54) is 0 Å². The van der Waals surface area contributed by atoms with Gasteiger partial charge in [-0.2, -0.15) is 0 Å². The molecule has 1 amide bonds. The molecule has 2 aliphatic heterocycles. The van der Waals surface area contributed by atoms with Gasteiger partial charge < -0.3 is 14.8 Å². The molecule has 5 aliphatic rings. The van der Waals surface area contributed by atoms with Gasteiger partial charge >= 0.3 is 5.97 Å². The summed E-state index contributed by atoms with van der Waals surface area (Å²) < 4.78 is 12.7. The number of rotatable bonds is 3. The van der Waals surface area contributed by atoms with Crippen LogP contribution >= 0.6 is 0 Å². The number of allylic oxidation sites excluding steroid dienone is 1. The third-order valence-corrected chi connectivity index (χ3v) is 10.1. The fourth-order valence-electron chi connectivity index (χ4n) is 8.26. The predicted molar refractivity (Wildman–Crippen MR) is 114 cm³/mol. The SMILES string of the molecule is CCC1C2[C@H](C(=O)NC)CC3=CC(=O)CC[C@]3(C)[C@]23O[C@@H]3C[C@]1(C)[C@@]1(C)CCC(=O)O1. The van der Waals surface area contributed by atoms with Crippen LogP contribution in [0.15, 0.2) is 11.6 Å². The van der Waals surface area contributed by atoms with Gasteiger partial charge in [-0.05, 0) is 44.6 Å². The van der Waals surface area contributed by atoms with Crippen LogP contribution in [-0.2, 0) is 23.9 Å². The zero-order valence-corrected chi connectivity index (χ0v) is 19.4. The second-order valence-electron chi connectivity index (χ2n) is 11.2. The first-order chi connectivity index (χ1) is 14.6. The molecule has 3 aliphatic carbocycles. The molecule has 4 fully saturated rings. The topological polar surface area (TPSA) is 85.0 Å². The van der Waals surface area contributed by atoms with Crippen LogP contribution in [0, 0.1) is 28.6 Å². The van der Waals surface area contributed by atoms with Gasteiger partial charge in [-0.1, -0.05) is 32.8 Å². The van der Waals surface area contributed by atoms with Crippen molar-refractivity contribution in [1.29, 1.82) is 0 Å². The Kier molecular flexibility index (Phi) is 4.39. The van der Waals surface area contributed by atoms with Crippen molar-refractivity contribution in [3.05, 3.63) is 11.6 Å². The van der Waals surface area contributed by atoms with Crippen LogP contribution in [0.2, 0.25) is 0 Å². The Labute approximate surface area is 184 Å². The summed E-state index contributed by atoms with van der Waals surface area (Å²) in [4.78, 5) is 37.6. The van der Waals surface area contributed by atoms with Crippen LogP contribution in [0.4, 0.5) is 0 Å². The number of ketones is 1. The zero-order valence-electron chi connectivity index (χ0n) is 19.4. The fourth-order valence-corrected chi connectivity index (χ4v) is 8.26. The van der Waals surface area contributed by atoms with E-state index < -0.39 is 11.2 Å². The van der Waals surface area contributed by atoms with E-state index >= 15 is 0 Å². The molecule has 2 saturated heterocycles. The molecule has 31 heavy (non-hydrogen) atoms. The average Bonchev–Trinajstić information content (AvgIpc) is 3.34. The Morgan fingerprint density at radius 3 is 2.55 bits per heavy atom. The summed E-state index contributed by atoms with van der Waals surface area (Å²) in [5.41, 5.74) is -0.350. The van der Waals surface area contributed by atoms with Crippen LogP contribution in [0.1, 0.15) is 72.6 Å². The highest BCUT2D eigenvalue weighted by molar-refractivity contribution is 5.92. The van der Waals surface area contributed by atoms with Crippen molar-refractivity contribution < 1.29 is 23.9 Å². The first-order valence-electron chi connectivity index (χ1n) is 11.9. The van der Waals surface area contributed by atoms with Gasteiger partial charge in [0.25, 0.3) is 0 Å². The largest absolute Gasteiger partial charge is 0.459 e.